The molecule has 2 aromatic heterocycles. The van der Waals surface area contributed by atoms with Crippen LogP contribution in [-0.2, 0) is 4.74 Å². The maximum absolute atomic E-state index is 11.7. The second-order valence-corrected chi connectivity index (χ2v) is 4.29. The number of rotatable bonds is 4. The first kappa shape index (κ1) is 14.5. The minimum Gasteiger partial charge on any atom is -0.461 e. The van der Waals surface area contributed by atoms with Gasteiger partial charge in [-0.15, -0.1) is 0 Å². The van der Waals surface area contributed by atoms with Crippen molar-refractivity contribution in [2.75, 3.05) is 12.3 Å². The van der Waals surface area contributed by atoms with E-state index in [2.05, 4.69) is 10.1 Å². The number of aryl methyl sites for hydroxylation is 1. The Balaban J connectivity index is 2.53. The summed E-state index contributed by atoms with van der Waals surface area (Å²) in [5, 5.41) is 4.03. The number of nitrogen functional groups attached to an aromatic ring is 1. The van der Waals surface area contributed by atoms with Crippen molar-refractivity contribution in [3.63, 3.8) is 0 Å². The van der Waals surface area contributed by atoms with Crippen LogP contribution in [0.25, 0.3) is 5.82 Å². The van der Waals surface area contributed by atoms with Gasteiger partial charge in [0, 0.05) is 5.69 Å². The maximum atomic E-state index is 11.7. The summed E-state index contributed by atoms with van der Waals surface area (Å²) in [4.78, 5) is 27.4. The van der Waals surface area contributed by atoms with Gasteiger partial charge in [-0.3, -0.25) is 4.79 Å². The van der Waals surface area contributed by atoms with Crippen LogP contribution in [0, 0.1) is 6.92 Å². The van der Waals surface area contributed by atoms with Crippen LogP contribution >= 0.6 is 0 Å². The molecule has 0 bridgehead atoms. The largest absolute Gasteiger partial charge is 0.461 e. The molecule has 0 unspecified atom stereocenters. The van der Waals surface area contributed by atoms with Gasteiger partial charge >= 0.3 is 5.97 Å². The number of nitrogens with zero attached hydrogens (tertiary/aromatic N) is 3. The smallest absolute Gasteiger partial charge is 0.361 e. The lowest BCUT2D eigenvalue weighted by molar-refractivity contribution is 0.0520. The molecule has 0 spiro atoms. The van der Waals surface area contributed by atoms with E-state index in [0.717, 1.165) is 0 Å². The van der Waals surface area contributed by atoms with Crippen molar-refractivity contribution < 1.29 is 14.3 Å². The molecule has 110 valence electrons. The number of pyridine rings is 1. The van der Waals surface area contributed by atoms with Gasteiger partial charge in [-0.05, 0) is 26.0 Å². The van der Waals surface area contributed by atoms with Gasteiger partial charge in [0.25, 0.3) is 5.91 Å². The molecule has 0 aromatic carbocycles. The number of carbonyl (C=O) groups is 2. The topological polar surface area (TPSA) is 126 Å². The van der Waals surface area contributed by atoms with Gasteiger partial charge in [0.2, 0.25) is 0 Å². The average Bonchev–Trinajstić information content (AvgIpc) is 2.80. The highest BCUT2D eigenvalue weighted by atomic mass is 16.5. The van der Waals surface area contributed by atoms with Crippen molar-refractivity contribution >= 4 is 17.6 Å². The van der Waals surface area contributed by atoms with E-state index in [4.69, 9.17) is 16.2 Å². The molecule has 0 radical (unpaired) electrons. The Kier molecular flexibility index (Phi) is 3.88. The third kappa shape index (κ3) is 2.83. The Morgan fingerprint density at radius 2 is 2.10 bits per heavy atom. The summed E-state index contributed by atoms with van der Waals surface area (Å²) in [5.41, 5.74) is 12.0. The summed E-state index contributed by atoms with van der Waals surface area (Å²) in [6, 6.07) is 3.20. The predicted molar refractivity (Wildman–Crippen MR) is 75.0 cm³/mol. The molecular formula is C13H15N5O3. The predicted octanol–water partition coefficient (Wildman–Crippen LogP) is 0.434. The lowest BCUT2D eigenvalue weighted by Crippen LogP contribution is -2.17. The highest BCUT2D eigenvalue weighted by molar-refractivity contribution is 5.96. The van der Waals surface area contributed by atoms with Gasteiger partial charge in [-0.1, -0.05) is 0 Å². The third-order valence-electron chi connectivity index (χ3n) is 2.71. The first-order chi connectivity index (χ1) is 9.93. The van der Waals surface area contributed by atoms with E-state index in [1.165, 1.54) is 10.9 Å². The number of amides is 1. The number of esters is 1. The third-order valence-corrected chi connectivity index (χ3v) is 2.71. The molecule has 0 saturated carbocycles. The molecule has 0 saturated heterocycles. The molecule has 2 heterocycles. The first-order valence-corrected chi connectivity index (χ1v) is 6.24. The summed E-state index contributed by atoms with van der Waals surface area (Å²) in [6.07, 6.45) is 1.39. The highest BCUT2D eigenvalue weighted by Gasteiger charge is 2.19. The first-order valence-electron chi connectivity index (χ1n) is 6.24. The summed E-state index contributed by atoms with van der Waals surface area (Å²) in [6.45, 7) is 3.64. The van der Waals surface area contributed by atoms with E-state index in [1.54, 1.807) is 26.0 Å². The Morgan fingerprint density at radius 1 is 1.38 bits per heavy atom. The van der Waals surface area contributed by atoms with E-state index < -0.39 is 11.9 Å². The molecule has 1 amide bonds. The molecule has 4 N–H and O–H groups in total. The lowest BCUT2D eigenvalue weighted by atomic mass is 10.2. The number of aromatic nitrogens is 3. The van der Waals surface area contributed by atoms with Crippen molar-refractivity contribution in [3.8, 4) is 5.82 Å². The van der Waals surface area contributed by atoms with Gasteiger partial charge in [-0.25, -0.2) is 14.5 Å². The fraction of sp³-hybridized carbons (Fsp3) is 0.231. The molecule has 2 aromatic rings. The summed E-state index contributed by atoms with van der Waals surface area (Å²) < 4.78 is 6.10. The molecule has 8 nitrogen and oxygen atoms in total. The molecule has 0 aliphatic rings. The lowest BCUT2D eigenvalue weighted by Gasteiger charge is -2.06. The minimum absolute atomic E-state index is 0.0319. The fourth-order valence-electron chi connectivity index (χ4n) is 1.76. The van der Waals surface area contributed by atoms with E-state index in [9.17, 15) is 9.59 Å². The molecule has 0 aliphatic carbocycles. The fourth-order valence-corrected chi connectivity index (χ4v) is 1.76. The van der Waals surface area contributed by atoms with Crippen LogP contribution < -0.4 is 11.5 Å². The van der Waals surface area contributed by atoms with Gasteiger partial charge in [0.15, 0.2) is 11.5 Å². The molecule has 0 atom stereocenters. The molecule has 2 rings (SSSR count). The monoisotopic (exact) mass is 289 g/mol. The number of hydrogen-bond donors (Lipinski definition) is 2. The Labute approximate surface area is 120 Å². The number of anilines is 1. The zero-order chi connectivity index (χ0) is 15.6. The summed E-state index contributed by atoms with van der Waals surface area (Å²) in [7, 11) is 0. The van der Waals surface area contributed by atoms with Crippen LogP contribution in [0.15, 0.2) is 18.3 Å². The van der Waals surface area contributed by atoms with Crippen LogP contribution in [-0.4, -0.2) is 33.2 Å². The van der Waals surface area contributed by atoms with Crippen LogP contribution in [0.1, 0.15) is 33.5 Å². The Hall–Kier alpha value is -2.90. The molecule has 8 heteroatoms. The maximum Gasteiger partial charge on any atom is 0.361 e. The standard InChI is InChI=1S/C13H15N5O3/c1-3-21-13(20)10-9(14)6-18(17-10)12-8(11(15)19)5-4-7(2)16-12/h4-6H,3,14H2,1-2H3,(H2,15,19). The zero-order valence-electron chi connectivity index (χ0n) is 11.7. The van der Waals surface area contributed by atoms with E-state index in [1.807, 2.05) is 0 Å². The molecule has 0 aliphatic heterocycles. The van der Waals surface area contributed by atoms with Gasteiger partial charge in [0.05, 0.1) is 24.1 Å². The van der Waals surface area contributed by atoms with Crippen LogP contribution in [0.5, 0.6) is 0 Å². The van der Waals surface area contributed by atoms with Crippen LogP contribution in [0.2, 0.25) is 0 Å². The SMILES string of the molecule is CCOC(=O)c1nn(-c2nc(C)ccc2C(N)=O)cc1N. The van der Waals surface area contributed by atoms with Gasteiger partial charge < -0.3 is 16.2 Å². The van der Waals surface area contributed by atoms with E-state index in [0.29, 0.717) is 5.69 Å². The Bertz CT molecular complexity index is 708. The number of primary amides is 1. The van der Waals surface area contributed by atoms with Crippen LogP contribution in [0.4, 0.5) is 5.69 Å². The van der Waals surface area contributed by atoms with Crippen molar-refractivity contribution in [1.82, 2.24) is 14.8 Å². The minimum atomic E-state index is -0.649. The normalized spacial score (nSPS) is 10.4. The van der Waals surface area contributed by atoms with Gasteiger partial charge in [-0.2, -0.15) is 5.10 Å². The average molecular weight is 289 g/mol. The number of ether oxygens (including phenoxy) is 1. The number of hydrogen-bond acceptors (Lipinski definition) is 6. The van der Waals surface area contributed by atoms with Crippen molar-refractivity contribution in [1.29, 1.82) is 0 Å². The van der Waals surface area contributed by atoms with Crippen LogP contribution in [0.3, 0.4) is 0 Å². The second-order valence-electron chi connectivity index (χ2n) is 4.29. The van der Waals surface area contributed by atoms with E-state index >= 15 is 0 Å². The zero-order valence-corrected chi connectivity index (χ0v) is 11.7. The van der Waals surface area contributed by atoms with Crippen molar-refractivity contribution in [2.24, 2.45) is 5.73 Å². The second kappa shape index (κ2) is 5.61. The quantitative estimate of drug-likeness (QED) is 0.786. The summed E-state index contributed by atoms with van der Waals surface area (Å²) >= 11 is 0. The highest BCUT2D eigenvalue weighted by Crippen LogP contribution is 2.17. The molecule has 21 heavy (non-hydrogen) atoms. The number of carbonyl (C=O) groups excluding carboxylic acids is 2. The summed E-state index contributed by atoms with van der Waals surface area (Å²) in [5.74, 6) is -1.07. The van der Waals surface area contributed by atoms with Gasteiger partial charge in [0.1, 0.15) is 0 Å². The van der Waals surface area contributed by atoms with E-state index in [-0.39, 0.29) is 29.4 Å². The van der Waals surface area contributed by atoms with Crippen molar-refractivity contribution in [3.05, 3.63) is 35.3 Å². The van der Waals surface area contributed by atoms with Crippen molar-refractivity contribution in [2.45, 2.75) is 13.8 Å². The number of nitrogens with two attached hydrogens (primary N) is 2. The Morgan fingerprint density at radius 3 is 2.71 bits per heavy atom. The molecular weight excluding hydrogens is 274 g/mol. The molecule has 0 fully saturated rings.